The lowest BCUT2D eigenvalue weighted by Gasteiger charge is -2.12. The average molecular weight is 254 g/mol. The lowest BCUT2D eigenvalue weighted by Crippen LogP contribution is -2.21. The summed E-state index contributed by atoms with van der Waals surface area (Å²) in [5.74, 6) is 1.80. The van der Waals surface area contributed by atoms with E-state index in [1.165, 1.54) is 30.2 Å². The summed E-state index contributed by atoms with van der Waals surface area (Å²) in [5, 5.41) is 4.85. The van der Waals surface area contributed by atoms with Crippen LogP contribution in [0.2, 0.25) is 0 Å². The topological polar surface area (TPSA) is 24.9 Å². The summed E-state index contributed by atoms with van der Waals surface area (Å²) in [6, 6.07) is 10.6. The molecule has 1 fully saturated rings. The van der Waals surface area contributed by atoms with Crippen molar-refractivity contribution in [1.82, 2.24) is 10.3 Å². The van der Waals surface area contributed by atoms with Gasteiger partial charge in [0, 0.05) is 18.1 Å². The molecular weight excluding hydrogens is 232 g/mol. The molecule has 3 rings (SSSR count). The quantitative estimate of drug-likeness (QED) is 0.898. The maximum absolute atomic E-state index is 4.50. The number of hydrogen-bond donors (Lipinski definition) is 1. The molecule has 0 aliphatic heterocycles. The highest BCUT2D eigenvalue weighted by Crippen LogP contribution is 2.29. The fraction of sp³-hybridized carbons (Fsp3) is 0.471. The zero-order valence-corrected chi connectivity index (χ0v) is 11.6. The molecule has 0 radical (unpaired) electrons. The predicted molar refractivity (Wildman–Crippen MR) is 80.0 cm³/mol. The van der Waals surface area contributed by atoms with E-state index >= 15 is 0 Å². The molecule has 0 amide bonds. The Morgan fingerprint density at radius 3 is 2.95 bits per heavy atom. The van der Waals surface area contributed by atoms with Gasteiger partial charge in [0.05, 0.1) is 5.52 Å². The highest BCUT2D eigenvalue weighted by molar-refractivity contribution is 5.81. The number of benzene rings is 1. The summed E-state index contributed by atoms with van der Waals surface area (Å²) in [6.45, 7) is 4.45. The Labute approximate surface area is 115 Å². The van der Waals surface area contributed by atoms with Crippen LogP contribution in [0.3, 0.4) is 0 Å². The van der Waals surface area contributed by atoms with E-state index in [-0.39, 0.29) is 0 Å². The fourth-order valence-electron chi connectivity index (χ4n) is 3.23. The lowest BCUT2D eigenvalue weighted by molar-refractivity contribution is 0.471. The summed E-state index contributed by atoms with van der Waals surface area (Å²) in [7, 11) is 0. The third kappa shape index (κ3) is 2.95. The van der Waals surface area contributed by atoms with Gasteiger partial charge in [0.2, 0.25) is 0 Å². The van der Waals surface area contributed by atoms with Crippen molar-refractivity contribution in [3.05, 3.63) is 42.1 Å². The zero-order chi connectivity index (χ0) is 13.1. The number of nitrogens with zero attached hydrogens (tertiary/aromatic N) is 1. The summed E-state index contributed by atoms with van der Waals surface area (Å²) in [4.78, 5) is 4.50. The van der Waals surface area contributed by atoms with Gasteiger partial charge in [0.25, 0.3) is 0 Å². The van der Waals surface area contributed by atoms with Crippen LogP contribution in [-0.2, 0) is 6.54 Å². The highest BCUT2D eigenvalue weighted by atomic mass is 14.9. The number of fused-ring (bicyclic) bond motifs is 1. The maximum atomic E-state index is 4.50. The molecule has 1 N–H and O–H groups in total. The van der Waals surface area contributed by atoms with Crippen molar-refractivity contribution >= 4 is 10.9 Å². The first-order valence-electron chi connectivity index (χ1n) is 7.36. The fourth-order valence-corrected chi connectivity index (χ4v) is 3.23. The number of para-hydroxylation sites is 1. The molecule has 1 aliphatic carbocycles. The Bertz CT molecular complexity index is 544. The summed E-state index contributed by atoms with van der Waals surface area (Å²) in [5.41, 5.74) is 2.45. The van der Waals surface area contributed by atoms with Crippen LogP contribution in [0.15, 0.2) is 36.5 Å². The van der Waals surface area contributed by atoms with Crippen LogP contribution in [0.1, 0.15) is 31.7 Å². The third-order valence-electron chi connectivity index (χ3n) is 4.27. The van der Waals surface area contributed by atoms with Crippen LogP contribution in [0, 0.1) is 11.8 Å². The molecule has 0 bridgehead atoms. The Balaban J connectivity index is 1.62. The SMILES string of the molecule is CC1CCC(CNCc2cccc3cccnc23)C1. The van der Waals surface area contributed by atoms with Crippen LogP contribution in [0.5, 0.6) is 0 Å². The molecule has 19 heavy (non-hydrogen) atoms. The van der Waals surface area contributed by atoms with E-state index in [0.717, 1.165) is 30.4 Å². The van der Waals surface area contributed by atoms with Gasteiger partial charge < -0.3 is 5.32 Å². The minimum absolute atomic E-state index is 0.873. The first kappa shape index (κ1) is 12.6. The van der Waals surface area contributed by atoms with Gasteiger partial charge in [-0.1, -0.05) is 37.6 Å². The van der Waals surface area contributed by atoms with Crippen LogP contribution >= 0.6 is 0 Å². The molecule has 1 saturated carbocycles. The molecule has 0 spiro atoms. The zero-order valence-electron chi connectivity index (χ0n) is 11.6. The van der Waals surface area contributed by atoms with Crippen LogP contribution in [-0.4, -0.2) is 11.5 Å². The molecular formula is C17H22N2. The first-order chi connectivity index (χ1) is 9.33. The molecule has 2 aromatic rings. The molecule has 2 atom stereocenters. The second kappa shape index (κ2) is 5.70. The van der Waals surface area contributed by atoms with E-state index < -0.39 is 0 Å². The van der Waals surface area contributed by atoms with Crippen LogP contribution in [0.25, 0.3) is 10.9 Å². The van der Waals surface area contributed by atoms with Crippen molar-refractivity contribution < 1.29 is 0 Å². The van der Waals surface area contributed by atoms with Gasteiger partial charge in [-0.15, -0.1) is 0 Å². The van der Waals surface area contributed by atoms with Crippen molar-refractivity contribution in [2.45, 2.75) is 32.7 Å². The van der Waals surface area contributed by atoms with E-state index in [4.69, 9.17) is 0 Å². The lowest BCUT2D eigenvalue weighted by atomic mass is 10.1. The van der Waals surface area contributed by atoms with Gasteiger partial charge in [-0.25, -0.2) is 0 Å². The minimum atomic E-state index is 0.873. The van der Waals surface area contributed by atoms with Gasteiger partial charge in [-0.2, -0.15) is 0 Å². The molecule has 2 nitrogen and oxygen atoms in total. The number of pyridine rings is 1. The minimum Gasteiger partial charge on any atom is -0.312 e. The Kier molecular flexibility index (Phi) is 3.79. The van der Waals surface area contributed by atoms with Crippen LogP contribution < -0.4 is 5.32 Å². The van der Waals surface area contributed by atoms with E-state index in [2.05, 4.69) is 41.5 Å². The Morgan fingerprint density at radius 2 is 2.11 bits per heavy atom. The van der Waals surface area contributed by atoms with E-state index in [1.54, 1.807) is 0 Å². The average Bonchev–Trinajstić information content (AvgIpc) is 2.85. The van der Waals surface area contributed by atoms with Crippen molar-refractivity contribution in [2.24, 2.45) is 11.8 Å². The number of nitrogens with one attached hydrogen (secondary N) is 1. The summed E-state index contributed by atoms with van der Waals surface area (Å²) < 4.78 is 0. The predicted octanol–water partition coefficient (Wildman–Crippen LogP) is 3.76. The van der Waals surface area contributed by atoms with Crippen molar-refractivity contribution in [3.63, 3.8) is 0 Å². The van der Waals surface area contributed by atoms with Crippen molar-refractivity contribution in [3.8, 4) is 0 Å². The molecule has 2 heteroatoms. The van der Waals surface area contributed by atoms with Gasteiger partial charge in [-0.05, 0) is 42.9 Å². The standard InChI is InChI=1S/C17H22N2/c1-13-7-8-14(10-13)11-18-12-16-5-2-4-15-6-3-9-19-17(15)16/h2-6,9,13-14,18H,7-8,10-12H2,1H3. The molecule has 1 aromatic heterocycles. The van der Waals surface area contributed by atoms with E-state index in [1.807, 2.05) is 12.3 Å². The Hall–Kier alpha value is -1.41. The van der Waals surface area contributed by atoms with E-state index in [0.29, 0.717) is 0 Å². The largest absolute Gasteiger partial charge is 0.312 e. The second-order valence-corrected chi connectivity index (χ2v) is 5.91. The van der Waals surface area contributed by atoms with E-state index in [9.17, 15) is 0 Å². The number of aromatic nitrogens is 1. The highest BCUT2D eigenvalue weighted by Gasteiger charge is 2.20. The van der Waals surface area contributed by atoms with Crippen LogP contribution in [0.4, 0.5) is 0 Å². The van der Waals surface area contributed by atoms with Gasteiger partial charge >= 0.3 is 0 Å². The summed E-state index contributed by atoms with van der Waals surface area (Å²) >= 11 is 0. The molecule has 1 heterocycles. The normalized spacial score (nSPS) is 23.0. The van der Waals surface area contributed by atoms with Crippen molar-refractivity contribution in [1.29, 1.82) is 0 Å². The molecule has 100 valence electrons. The molecule has 1 aliphatic rings. The maximum Gasteiger partial charge on any atom is 0.0746 e. The first-order valence-corrected chi connectivity index (χ1v) is 7.36. The number of rotatable bonds is 4. The molecule has 0 saturated heterocycles. The Morgan fingerprint density at radius 1 is 1.21 bits per heavy atom. The second-order valence-electron chi connectivity index (χ2n) is 5.91. The smallest absolute Gasteiger partial charge is 0.0746 e. The molecule has 1 aromatic carbocycles. The number of hydrogen-bond acceptors (Lipinski definition) is 2. The summed E-state index contributed by atoms with van der Waals surface area (Å²) in [6.07, 6.45) is 6.06. The monoisotopic (exact) mass is 254 g/mol. The third-order valence-corrected chi connectivity index (χ3v) is 4.27. The van der Waals surface area contributed by atoms with Gasteiger partial charge in [0.15, 0.2) is 0 Å². The molecule has 2 unspecified atom stereocenters. The van der Waals surface area contributed by atoms with Gasteiger partial charge in [0.1, 0.15) is 0 Å². The van der Waals surface area contributed by atoms with Crippen molar-refractivity contribution in [2.75, 3.05) is 6.54 Å². The van der Waals surface area contributed by atoms with Gasteiger partial charge in [-0.3, -0.25) is 4.98 Å².